The molecule has 5 heteroatoms. The SMILES string of the molecule is CCNc1cc(C(C)C)nc(-c2ccnc(C)n2)n1. The van der Waals surface area contributed by atoms with E-state index in [1.54, 1.807) is 6.20 Å². The van der Waals surface area contributed by atoms with Gasteiger partial charge in [0.1, 0.15) is 17.3 Å². The van der Waals surface area contributed by atoms with E-state index in [1.165, 1.54) is 0 Å². The molecule has 5 nitrogen and oxygen atoms in total. The first-order valence-corrected chi connectivity index (χ1v) is 6.53. The molecule has 0 aliphatic carbocycles. The lowest BCUT2D eigenvalue weighted by atomic mass is 10.1. The number of rotatable bonds is 4. The summed E-state index contributed by atoms with van der Waals surface area (Å²) in [7, 11) is 0. The molecule has 2 rings (SSSR count). The maximum absolute atomic E-state index is 4.59. The summed E-state index contributed by atoms with van der Waals surface area (Å²) in [5.41, 5.74) is 1.77. The van der Waals surface area contributed by atoms with Crippen LogP contribution in [0.2, 0.25) is 0 Å². The average molecular weight is 257 g/mol. The van der Waals surface area contributed by atoms with Crippen molar-refractivity contribution in [2.75, 3.05) is 11.9 Å². The number of hydrogen-bond acceptors (Lipinski definition) is 5. The zero-order valence-corrected chi connectivity index (χ0v) is 11.8. The number of aromatic nitrogens is 4. The number of nitrogens with one attached hydrogen (secondary N) is 1. The molecule has 0 amide bonds. The highest BCUT2D eigenvalue weighted by atomic mass is 15.0. The van der Waals surface area contributed by atoms with Gasteiger partial charge in [0.15, 0.2) is 5.82 Å². The third kappa shape index (κ3) is 3.24. The topological polar surface area (TPSA) is 63.6 Å². The lowest BCUT2D eigenvalue weighted by Gasteiger charge is -2.10. The van der Waals surface area contributed by atoms with Gasteiger partial charge in [-0.1, -0.05) is 13.8 Å². The third-order valence-corrected chi connectivity index (χ3v) is 2.70. The van der Waals surface area contributed by atoms with E-state index < -0.39 is 0 Å². The van der Waals surface area contributed by atoms with Crippen molar-refractivity contribution in [1.82, 2.24) is 19.9 Å². The van der Waals surface area contributed by atoms with Crippen LogP contribution >= 0.6 is 0 Å². The molecule has 0 saturated carbocycles. The molecule has 0 bridgehead atoms. The van der Waals surface area contributed by atoms with Crippen LogP contribution in [0.25, 0.3) is 11.5 Å². The predicted octanol–water partition coefficient (Wildman–Crippen LogP) is 2.80. The van der Waals surface area contributed by atoms with Gasteiger partial charge in [-0.3, -0.25) is 0 Å². The minimum atomic E-state index is 0.349. The normalized spacial score (nSPS) is 10.8. The Bertz CT molecular complexity index is 566. The lowest BCUT2D eigenvalue weighted by Crippen LogP contribution is -2.06. The largest absolute Gasteiger partial charge is 0.370 e. The second-order valence-corrected chi connectivity index (χ2v) is 4.68. The molecule has 1 N–H and O–H groups in total. The van der Waals surface area contributed by atoms with Crippen LogP contribution in [0.1, 0.15) is 38.2 Å². The zero-order valence-electron chi connectivity index (χ0n) is 11.8. The molecule has 0 radical (unpaired) electrons. The van der Waals surface area contributed by atoms with Gasteiger partial charge in [0.2, 0.25) is 0 Å². The lowest BCUT2D eigenvalue weighted by molar-refractivity contribution is 0.815. The van der Waals surface area contributed by atoms with Crippen LogP contribution < -0.4 is 5.32 Å². The van der Waals surface area contributed by atoms with Crippen LogP contribution in [0.15, 0.2) is 18.3 Å². The average Bonchev–Trinajstić information content (AvgIpc) is 2.38. The maximum Gasteiger partial charge on any atom is 0.180 e. The van der Waals surface area contributed by atoms with E-state index in [4.69, 9.17) is 0 Å². The van der Waals surface area contributed by atoms with Crippen molar-refractivity contribution < 1.29 is 0 Å². The van der Waals surface area contributed by atoms with E-state index in [-0.39, 0.29) is 0 Å². The van der Waals surface area contributed by atoms with E-state index in [2.05, 4.69) is 39.1 Å². The van der Waals surface area contributed by atoms with E-state index in [0.717, 1.165) is 29.6 Å². The maximum atomic E-state index is 4.59. The Hall–Kier alpha value is -2.04. The minimum Gasteiger partial charge on any atom is -0.370 e. The summed E-state index contributed by atoms with van der Waals surface area (Å²) in [5, 5.41) is 3.23. The molecule has 19 heavy (non-hydrogen) atoms. The fraction of sp³-hybridized carbons (Fsp3) is 0.429. The Morgan fingerprint density at radius 1 is 1.21 bits per heavy atom. The Balaban J connectivity index is 2.49. The smallest absolute Gasteiger partial charge is 0.180 e. The second-order valence-electron chi connectivity index (χ2n) is 4.68. The zero-order chi connectivity index (χ0) is 13.8. The van der Waals surface area contributed by atoms with E-state index in [1.807, 2.05) is 26.0 Å². The fourth-order valence-electron chi connectivity index (χ4n) is 1.73. The van der Waals surface area contributed by atoms with Crippen molar-refractivity contribution in [2.24, 2.45) is 0 Å². The molecule has 0 saturated heterocycles. The summed E-state index contributed by atoms with van der Waals surface area (Å²) in [6, 6.07) is 3.83. The molecule has 2 aromatic rings. The van der Waals surface area contributed by atoms with Gasteiger partial charge in [0.25, 0.3) is 0 Å². The van der Waals surface area contributed by atoms with Crippen LogP contribution in [-0.2, 0) is 0 Å². The summed E-state index contributed by atoms with van der Waals surface area (Å²) in [4.78, 5) is 17.6. The molecule has 0 aliphatic heterocycles. The van der Waals surface area contributed by atoms with Crippen molar-refractivity contribution in [2.45, 2.75) is 33.6 Å². The summed E-state index contributed by atoms with van der Waals surface area (Å²) < 4.78 is 0. The molecule has 0 aliphatic rings. The van der Waals surface area contributed by atoms with E-state index in [9.17, 15) is 0 Å². The van der Waals surface area contributed by atoms with Gasteiger partial charge in [-0.25, -0.2) is 19.9 Å². The number of nitrogens with zero attached hydrogens (tertiary/aromatic N) is 4. The Morgan fingerprint density at radius 2 is 2.00 bits per heavy atom. The van der Waals surface area contributed by atoms with Gasteiger partial charge in [0, 0.05) is 24.5 Å². The van der Waals surface area contributed by atoms with Crippen LogP contribution in [0.4, 0.5) is 5.82 Å². The molecule has 2 heterocycles. The highest BCUT2D eigenvalue weighted by Gasteiger charge is 2.10. The highest BCUT2D eigenvalue weighted by molar-refractivity contribution is 5.53. The minimum absolute atomic E-state index is 0.349. The summed E-state index contributed by atoms with van der Waals surface area (Å²) in [6.07, 6.45) is 1.73. The third-order valence-electron chi connectivity index (χ3n) is 2.70. The van der Waals surface area contributed by atoms with Crippen molar-refractivity contribution in [3.8, 4) is 11.5 Å². The molecule has 2 aromatic heterocycles. The number of anilines is 1. The van der Waals surface area contributed by atoms with Crippen LogP contribution in [0.5, 0.6) is 0 Å². The second kappa shape index (κ2) is 5.73. The Labute approximate surface area is 113 Å². The number of aryl methyl sites for hydroxylation is 1. The molecular formula is C14H19N5. The summed E-state index contributed by atoms with van der Waals surface area (Å²) >= 11 is 0. The van der Waals surface area contributed by atoms with Gasteiger partial charge in [-0.05, 0) is 25.8 Å². The van der Waals surface area contributed by atoms with Gasteiger partial charge >= 0.3 is 0 Å². The first-order valence-electron chi connectivity index (χ1n) is 6.53. The molecule has 0 unspecified atom stereocenters. The standard InChI is InChI=1S/C14H19N5/c1-5-15-13-8-12(9(2)3)18-14(19-13)11-6-7-16-10(4)17-11/h6-9H,5H2,1-4H3,(H,15,18,19). The van der Waals surface area contributed by atoms with Crippen molar-refractivity contribution in [3.63, 3.8) is 0 Å². The van der Waals surface area contributed by atoms with E-state index in [0.29, 0.717) is 11.7 Å². The van der Waals surface area contributed by atoms with E-state index >= 15 is 0 Å². The van der Waals surface area contributed by atoms with Gasteiger partial charge in [0.05, 0.1) is 0 Å². The van der Waals surface area contributed by atoms with Crippen molar-refractivity contribution >= 4 is 5.82 Å². The van der Waals surface area contributed by atoms with Crippen LogP contribution in [-0.4, -0.2) is 26.5 Å². The summed E-state index contributed by atoms with van der Waals surface area (Å²) in [5.74, 6) is 2.56. The quantitative estimate of drug-likeness (QED) is 0.912. The molecule has 0 fully saturated rings. The molecular weight excluding hydrogens is 238 g/mol. The monoisotopic (exact) mass is 257 g/mol. The molecule has 0 atom stereocenters. The van der Waals surface area contributed by atoms with Crippen molar-refractivity contribution in [1.29, 1.82) is 0 Å². The summed E-state index contributed by atoms with van der Waals surface area (Å²) in [6.45, 7) is 8.98. The Morgan fingerprint density at radius 3 is 2.63 bits per heavy atom. The molecule has 0 aromatic carbocycles. The first kappa shape index (κ1) is 13.4. The molecule has 0 spiro atoms. The van der Waals surface area contributed by atoms with Crippen LogP contribution in [0.3, 0.4) is 0 Å². The molecule has 100 valence electrons. The van der Waals surface area contributed by atoms with Crippen LogP contribution in [0, 0.1) is 6.92 Å². The fourth-order valence-corrected chi connectivity index (χ4v) is 1.73. The first-order chi connectivity index (χ1) is 9.10. The van der Waals surface area contributed by atoms with Gasteiger partial charge in [-0.15, -0.1) is 0 Å². The predicted molar refractivity (Wildman–Crippen MR) is 76.0 cm³/mol. The van der Waals surface area contributed by atoms with Gasteiger partial charge < -0.3 is 5.32 Å². The Kier molecular flexibility index (Phi) is 4.04. The van der Waals surface area contributed by atoms with Gasteiger partial charge in [-0.2, -0.15) is 0 Å². The number of hydrogen-bond donors (Lipinski definition) is 1. The van der Waals surface area contributed by atoms with Crippen molar-refractivity contribution in [3.05, 3.63) is 29.8 Å². The highest BCUT2D eigenvalue weighted by Crippen LogP contribution is 2.20.